The molecule has 2 unspecified atom stereocenters. The molecule has 0 amide bonds. The number of hydrogen-bond acceptors (Lipinski definition) is 4. The monoisotopic (exact) mass is 266 g/mol. The lowest BCUT2D eigenvalue weighted by molar-refractivity contribution is -0.385. The maximum Gasteiger partial charge on any atom is 0.272 e. The normalized spacial score (nSPS) is 14.1. The molecule has 106 valence electrons. The summed E-state index contributed by atoms with van der Waals surface area (Å²) in [6, 6.07) is 5.55. The van der Waals surface area contributed by atoms with E-state index in [2.05, 4.69) is 12.2 Å². The summed E-state index contributed by atoms with van der Waals surface area (Å²) in [5, 5.41) is 23.3. The van der Waals surface area contributed by atoms with Crippen LogP contribution in [-0.2, 0) is 0 Å². The van der Waals surface area contributed by atoms with Gasteiger partial charge in [0.1, 0.15) is 0 Å². The van der Waals surface area contributed by atoms with Crippen LogP contribution in [0, 0.1) is 17.0 Å². The molecule has 2 N–H and O–H groups in total. The number of aliphatic hydroxyl groups excluding tert-OH is 1. The van der Waals surface area contributed by atoms with Crippen molar-refractivity contribution in [3.8, 4) is 0 Å². The van der Waals surface area contributed by atoms with E-state index in [1.165, 1.54) is 0 Å². The summed E-state index contributed by atoms with van der Waals surface area (Å²) in [6.07, 6.45) is 1.60. The van der Waals surface area contributed by atoms with Gasteiger partial charge < -0.3 is 10.4 Å². The van der Waals surface area contributed by atoms with Gasteiger partial charge in [0.25, 0.3) is 5.69 Å². The third-order valence-corrected chi connectivity index (χ3v) is 3.39. The molecule has 19 heavy (non-hydrogen) atoms. The number of nitrogens with one attached hydrogen (secondary N) is 1. The van der Waals surface area contributed by atoms with E-state index in [0.29, 0.717) is 12.0 Å². The fraction of sp³-hybridized carbons (Fsp3) is 0.571. The summed E-state index contributed by atoms with van der Waals surface area (Å²) in [4.78, 5) is 10.6. The molecule has 1 aromatic rings. The lowest BCUT2D eigenvalue weighted by Gasteiger charge is -2.22. The first-order valence-electron chi connectivity index (χ1n) is 6.61. The number of aryl methyl sites for hydroxylation is 1. The van der Waals surface area contributed by atoms with Crippen molar-refractivity contribution in [2.45, 2.75) is 45.7 Å². The molecule has 5 heteroatoms. The van der Waals surface area contributed by atoms with Crippen LogP contribution in [-0.4, -0.2) is 22.7 Å². The minimum atomic E-state index is -0.351. The highest BCUT2D eigenvalue weighted by atomic mass is 16.6. The summed E-state index contributed by atoms with van der Waals surface area (Å²) in [6.45, 7) is 5.92. The smallest absolute Gasteiger partial charge is 0.272 e. The molecule has 0 saturated carbocycles. The number of nitro groups is 1. The van der Waals surface area contributed by atoms with Gasteiger partial charge in [-0.3, -0.25) is 10.1 Å². The fourth-order valence-electron chi connectivity index (χ4n) is 2.10. The summed E-state index contributed by atoms with van der Waals surface area (Å²) in [5.41, 5.74) is 1.72. The van der Waals surface area contributed by atoms with Crippen LogP contribution in [0.25, 0.3) is 0 Å². The number of hydrogen-bond donors (Lipinski definition) is 2. The quantitative estimate of drug-likeness (QED) is 0.587. The van der Waals surface area contributed by atoms with Crippen LogP contribution in [0.15, 0.2) is 18.2 Å². The van der Waals surface area contributed by atoms with Crippen LogP contribution in [0.2, 0.25) is 0 Å². The van der Waals surface area contributed by atoms with Crippen molar-refractivity contribution < 1.29 is 10.0 Å². The SMILES string of the molecule is CCC(CCO)NC(C)c1ccc(C)c([N+](=O)[O-])c1. The predicted octanol–water partition coefficient (Wildman–Crippen LogP) is 2.71. The first-order chi connectivity index (χ1) is 8.99. The summed E-state index contributed by atoms with van der Waals surface area (Å²) in [7, 11) is 0. The lowest BCUT2D eigenvalue weighted by atomic mass is 10.0. The Bertz CT molecular complexity index is 435. The van der Waals surface area contributed by atoms with Gasteiger partial charge in [0.05, 0.1) is 4.92 Å². The second-order valence-corrected chi connectivity index (χ2v) is 4.81. The van der Waals surface area contributed by atoms with Gasteiger partial charge in [-0.1, -0.05) is 19.1 Å². The molecule has 5 nitrogen and oxygen atoms in total. The van der Waals surface area contributed by atoms with E-state index in [9.17, 15) is 10.1 Å². The fourth-order valence-corrected chi connectivity index (χ4v) is 2.10. The predicted molar refractivity (Wildman–Crippen MR) is 75.2 cm³/mol. The van der Waals surface area contributed by atoms with E-state index >= 15 is 0 Å². The average Bonchev–Trinajstić information content (AvgIpc) is 2.38. The van der Waals surface area contributed by atoms with E-state index in [0.717, 1.165) is 12.0 Å². The standard InChI is InChI=1S/C14H22N2O3/c1-4-13(7-8-17)15-11(3)12-6-5-10(2)14(9-12)16(18)19/h5-6,9,11,13,15,17H,4,7-8H2,1-3H3. The second-order valence-electron chi connectivity index (χ2n) is 4.81. The summed E-state index contributed by atoms with van der Waals surface area (Å²) >= 11 is 0. The average molecular weight is 266 g/mol. The maximum atomic E-state index is 10.9. The Morgan fingerprint density at radius 3 is 2.68 bits per heavy atom. The first kappa shape index (κ1) is 15.6. The second kappa shape index (κ2) is 7.21. The third-order valence-electron chi connectivity index (χ3n) is 3.39. The van der Waals surface area contributed by atoms with Crippen molar-refractivity contribution in [3.63, 3.8) is 0 Å². The van der Waals surface area contributed by atoms with Crippen molar-refractivity contribution >= 4 is 5.69 Å². The molecule has 0 bridgehead atoms. The van der Waals surface area contributed by atoms with Crippen LogP contribution in [0.5, 0.6) is 0 Å². The zero-order valence-corrected chi connectivity index (χ0v) is 11.7. The van der Waals surface area contributed by atoms with E-state index in [1.54, 1.807) is 19.1 Å². The molecule has 1 aromatic carbocycles. The van der Waals surface area contributed by atoms with Crippen LogP contribution < -0.4 is 5.32 Å². The van der Waals surface area contributed by atoms with Gasteiger partial charge >= 0.3 is 0 Å². The van der Waals surface area contributed by atoms with E-state index in [-0.39, 0.29) is 29.3 Å². The molecule has 0 fully saturated rings. The maximum absolute atomic E-state index is 10.9. The minimum Gasteiger partial charge on any atom is -0.396 e. The zero-order chi connectivity index (χ0) is 14.4. The Morgan fingerprint density at radius 2 is 2.16 bits per heavy atom. The molecule has 0 aliphatic carbocycles. The highest BCUT2D eigenvalue weighted by molar-refractivity contribution is 5.43. The van der Waals surface area contributed by atoms with Crippen LogP contribution in [0.4, 0.5) is 5.69 Å². The van der Waals surface area contributed by atoms with Crippen molar-refractivity contribution in [3.05, 3.63) is 39.4 Å². The largest absolute Gasteiger partial charge is 0.396 e. The topological polar surface area (TPSA) is 75.4 Å². The van der Waals surface area contributed by atoms with Crippen molar-refractivity contribution in [1.82, 2.24) is 5.32 Å². The van der Waals surface area contributed by atoms with E-state index in [1.807, 2.05) is 13.0 Å². The number of rotatable bonds is 7. The third kappa shape index (κ3) is 4.29. The highest BCUT2D eigenvalue weighted by Gasteiger charge is 2.16. The molecule has 0 heterocycles. The van der Waals surface area contributed by atoms with Gasteiger partial charge in [0.2, 0.25) is 0 Å². The molecule has 0 aromatic heterocycles. The van der Waals surface area contributed by atoms with Gasteiger partial charge in [0, 0.05) is 30.3 Å². The first-order valence-corrected chi connectivity index (χ1v) is 6.61. The van der Waals surface area contributed by atoms with Crippen LogP contribution in [0.1, 0.15) is 43.9 Å². The van der Waals surface area contributed by atoms with Crippen molar-refractivity contribution in [1.29, 1.82) is 0 Å². The Labute approximate surface area is 113 Å². The summed E-state index contributed by atoms with van der Waals surface area (Å²) < 4.78 is 0. The van der Waals surface area contributed by atoms with E-state index in [4.69, 9.17) is 5.11 Å². The Kier molecular flexibility index (Phi) is 5.92. The number of nitrogens with zero attached hydrogens (tertiary/aromatic N) is 1. The van der Waals surface area contributed by atoms with Gasteiger partial charge in [0.15, 0.2) is 0 Å². The molecule has 0 aliphatic rings. The molecule has 0 aliphatic heterocycles. The van der Waals surface area contributed by atoms with Gasteiger partial charge in [-0.25, -0.2) is 0 Å². The molecule has 0 radical (unpaired) electrons. The van der Waals surface area contributed by atoms with Crippen molar-refractivity contribution in [2.75, 3.05) is 6.61 Å². The molecular weight excluding hydrogens is 244 g/mol. The Balaban J connectivity index is 2.84. The Morgan fingerprint density at radius 1 is 1.47 bits per heavy atom. The number of benzene rings is 1. The zero-order valence-electron chi connectivity index (χ0n) is 11.7. The Hall–Kier alpha value is -1.46. The molecular formula is C14H22N2O3. The van der Waals surface area contributed by atoms with Crippen LogP contribution in [0.3, 0.4) is 0 Å². The number of nitro benzene ring substituents is 1. The molecule has 2 atom stereocenters. The number of aliphatic hydroxyl groups is 1. The molecule has 0 spiro atoms. The lowest BCUT2D eigenvalue weighted by Crippen LogP contribution is -2.31. The van der Waals surface area contributed by atoms with Gasteiger partial charge in [-0.2, -0.15) is 0 Å². The van der Waals surface area contributed by atoms with Crippen LogP contribution >= 0.6 is 0 Å². The minimum absolute atomic E-state index is 0.0239. The van der Waals surface area contributed by atoms with Gasteiger partial charge in [-0.15, -0.1) is 0 Å². The van der Waals surface area contributed by atoms with Gasteiger partial charge in [-0.05, 0) is 32.3 Å². The van der Waals surface area contributed by atoms with E-state index < -0.39 is 0 Å². The summed E-state index contributed by atoms with van der Waals surface area (Å²) in [5.74, 6) is 0. The molecule has 1 rings (SSSR count). The molecule has 0 saturated heterocycles. The van der Waals surface area contributed by atoms with Crippen molar-refractivity contribution in [2.24, 2.45) is 0 Å². The highest BCUT2D eigenvalue weighted by Crippen LogP contribution is 2.23.